The van der Waals surface area contributed by atoms with Gasteiger partial charge in [-0.05, 0) is 37.1 Å². The summed E-state index contributed by atoms with van der Waals surface area (Å²) in [5.41, 5.74) is 2.66. The predicted octanol–water partition coefficient (Wildman–Crippen LogP) is 3.89. The highest BCUT2D eigenvalue weighted by Gasteiger charge is 2.13. The van der Waals surface area contributed by atoms with Crippen molar-refractivity contribution in [3.05, 3.63) is 75.1 Å². The minimum atomic E-state index is -0.373. The average molecular weight is 288 g/mol. The Morgan fingerprint density at radius 2 is 1.90 bits per heavy atom. The first-order valence-corrected chi connectivity index (χ1v) is 6.70. The fraction of sp³-hybridized carbons (Fsp3) is 0.250. The van der Waals surface area contributed by atoms with Crippen LogP contribution in [0, 0.1) is 22.9 Å². The van der Waals surface area contributed by atoms with E-state index in [1.54, 1.807) is 25.1 Å². The number of rotatable bonds is 5. The summed E-state index contributed by atoms with van der Waals surface area (Å²) in [4.78, 5) is 10.5. The van der Waals surface area contributed by atoms with Crippen molar-refractivity contribution in [2.24, 2.45) is 0 Å². The first-order valence-electron chi connectivity index (χ1n) is 6.70. The standard InChI is InChI=1S/C16H17FN2O2/c1-11-14(4-3-5-16(11)19(20)21)10-18-12(2)13-6-8-15(17)9-7-13/h3-9,12,18H,10H2,1-2H3. The van der Waals surface area contributed by atoms with E-state index in [1.165, 1.54) is 18.2 Å². The fourth-order valence-corrected chi connectivity index (χ4v) is 2.19. The van der Waals surface area contributed by atoms with Crippen LogP contribution in [0.5, 0.6) is 0 Å². The molecule has 1 atom stereocenters. The van der Waals surface area contributed by atoms with Crippen molar-refractivity contribution in [1.82, 2.24) is 5.32 Å². The summed E-state index contributed by atoms with van der Waals surface area (Å²) in [7, 11) is 0. The Balaban J connectivity index is 2.08. The molecule has 1 N–H and O–H groups in total. The summed E-state index contributed by atoms with van der Waals surface area (Å²) < 4.78 is 12.9. The van der Waals surface area contributed by atoms with Gasteiger partial charge in [-0.3, -0.25) is 10.1 Å². The first kappa shape index (κ1) is 15.1. The van der Waals surface area contributed by atoms with E-state index in [1.807, 2.05) is 13.0 Å². The molecule has 0 fully saturated rings. The van der Waals surface area contributed by atoms with Crippen LogP contribution >= 0.6 is 0 Å². The highest BCUT2D eigenvalue weighted by Crippen LogP contribution is 2.22. The third-order valence-electron chi connectivity index (χ3n) is 3.58. The molecule has 21 heavy (non-hydrogen) atoms. The summed E-state index contributed by atoms with van der Waals surface area (Å²) in [6.45, 7) is 4.24. The number of hydrogen-bond donors (Lipinski definition) is 1. The number of nitro benzene ring substituents is 1. The van der Waals surface area contributed by atoms with Crippen molar-refractivity contribution in [2.75, 3.05) is 0 Å². The number of nitro groups is 1. The second kappa shape index (κ2) is 6.45. The Morgan fingerprint density at radius 1 is 1.24 bits per heavy atom. The highest BCUT2D eigenvalue weighted by molar-refractivity contribution is 5.44. The van der Waals surface area contributed by atoms with Crippen LogP contribution in [-0.4, -0.2) is 4.92 Å². The Kier molecular flexibility index (Phi) is 4.65. The second-order valence-corrected chi connectivity index (χ2v) is 4.97. The van der Waals surface area contributed by atoms with Crippen molar-refractivity contribution in [1.29, 1.82) is 0 Å². The minimum Gasteiger partial charge on any atom is -0.306 e. The summed E-state index contributed by atoms with van der Waals surface area (Å²) >= 11 is 0. The van der Waals surface area contributed by atoms with Crippen LogP contribution in [0.25, 0.3) is 0 Å². The van der Waals surface area contributed by atoms with Crippen LogP contribution in [0.2, 0.25) is 0 Å². The second-order valence-electron chi connectivity index (χ2n) is 4.97. The lowest BCUT2D eigenvalue weighted by Crippen LogP contribution is -2.18. The molecule has 0 radical (unpaired) electrons. The first-order chi connectivity index (χ1) is 9.99. The molecule has 0 amide bonds. The van der Waals surface area contributed by atoms with E-state index in [0.29, 0.717) is 12.1 Å². The van der Waals surface area contributed by atoms with Gasteiger partial charge in [-0.2, -0.15) is 0 Å². The number of nitrogens with one attached hydrogen (secondary N) is 1. The molecule has 0 saturated heterocycles. The SMILES string of the molecule is Cc1c(CNC(C)c2ccc(F)cc2)cccc1[N+](=O)[O-]. The molecule has 0 aliphatic heterocycles. The van der Waals surface area contributed by atoms with Gasteiger partial charge in [-0.15, -0.1) is 0 Å². The van der Waals surface area contributed by atoms with Crippen molar-refractivity contribution in [3.8, 4) is 0 Å². The Labute approximate surface area is 122 Å². The Hall–Kier alpha value is -2.27. The predicted molar refractivity (Wildman–Crippen MR) is 79.5 cm³/mol. The van der Waals surface area contributed by atoms with Crippen LogP contribution in [0.1, 0.15) is 29.7 Å². The van der Waals surface area contributed by atoms with E-state index >= 15 is 0 Å². The van der Waals surface area contributed by atoms with E-state index < -0.39 is 0 Å². The molecule has 0 aromatic heterocycles. The quantitative estimate of drug-likeness (QED) is 0.670. The van der Waals surface area contributed by atoms with Crippen molar-refractivity contribution >= 4 is 5.69 Å². The largest absolute Gasteiger partial charge is 0.306 e. The minimum absolute atomic E-state index is 0.0317. The molecule has 2 aromatic carbocycles. The molecule has 0 saturated carbocycles. The lowest BCUT2D eigenvalue weighted by molar-refractivity contribution is -0.385. The van der Waals surface area contributed by atoms with Gasteiger partial charge >= 0.3 is 0 Å². The average Bonchev–Trinajstić information content (AvgIpc) is 2.46. The number of halogens is 1. The van der Waals surface area contributed by atoms with Gasteiger partial charge in [0.25, 0.3) is 5.69 Å². The molecule has 4 nitrogen and oxygen atoms in total. The third kappa shape index (κ3) is 3.64. The normalized spacial score (nSPS) is 12.1. The van der Waals surface area contributed by atoms with Gasteiger partial charge in [0.15, 0.2) is 0 Å². The van der Waals surface area contributed by atoms with Crippen LogP contribution in [0.15, 0.2) is 42.5 Å². The van der Waals surface area contributed by atoms with Gasteiger partial charge in [-0.25, -0.2) is 4.39 Å². The highest BCUT2D eigenvalue weighted by atomic mass is 19.1. The van der Waals surface area contributed by atoms with Crippen LogP contribution in [0.3, 0.4) is 0 Å². The molecule has 0 aliphatic rings. The monoisotopic (exact) mass is 288 g/mol. The smallest absolute Gasteiger partial charge is 0.272 e. The molecular weight excluding hydrogens is 271 g/mol. The van der Waals surface area contributed by atoms with Gasteiger partial charge < -0.3 is 5.32 Å². The fourth-order valence-electron chi connectivity index (χ4n) is 2.19. The van der Waals surface area contributed by atoms with Gasteiger partial charge in [0, 0.05) is 24.2 Å². The summed E-state index contributed by atoms with van der Waals surface area (Å²) in [6, 6.07) is 11.4. The zero-order chi connectivity index (χ0) is 15.4. The molecule has 0 aliphatic carbocycles. The zero-order valence-electron chi connectivity index (χ0n) is 12.0. The van der Waals surface area contributed by atoms with Gasteiger partial charge in [-0.1, -0.05) is 24.3 Å². The molecule has 0 heterocycles. The summed E-state index contributed by atoms with van der Waals surface area (Å²) in [6.07, 6.45) is 0. The molecule has 5 heteroatoms. The van der Waals surface area contributed by atoms with Crippen molar-refractivity contribution in [2.45, 2.75) is 26.4 Å². The Morgan fingerprint density at radius 3 is 2.52 bits per heavy atom. The zero-order valence-corrected chi connectivity index (χ0v) is 12.0. The molecule has 2 aromatic rings. The lowest BCUT2D eigenvalue weighted by Gasteiger charge is -2.15. The Bertz CT molecular complexity index is 641. The number of nitrogens with zero attached hydrogens (tertiary/aromatic N) is 1. The lowest BCUT2D eigenvalue weighted by atomic mass is 10.0. The van der Waals surface area contributed by atoms with Crippen molar-refractivity contribution < 1.29 is 9.31 Å². The summed E-state index contributed by atoms with van der Waals surface area (Å²) in [5, 5.41) is 14.2. The van der Waals surface area contributed by atoms with Crippen molar-refractivity contribution in [3.63, 3.8) is 0 Å². The maximum absolute atomic E-state index is 12.9. The van der Waals surface area contributed by atoms with E-state index in [9.17, 15) is 14.5 Å². The van der Waals surface area contributed by atoms with E-state index in [0.717, 1.165) is 11.1 Å². The number of hydrogen-bond acceptors (Lipinski definition) is 3. The molecule has 110 valence electrons. The van der Waals surface area contributed by atoms with E-state index in [-0.39, 0.29) is 22.5 Å². The van der Waals surface area contributed by atoms with E-state index in [4.69, 9.17) is 0 Å². The van der Waals surface area contributed by atoms with Gasteiger partial charge in [0.2, 0.25) is 0 Å². The topological polar surface area (TPSA) is 55.2 Å². The maximum Gasteiger partial charge on any atom is 0.272 e. The van der Waals surface area contributed by atoms with Crippen LogP contribution < -0.4 is 5.32 Å². The molecule has 0 bridgehead atoms. The summed E-state index contributed by atoms with van der Waals surface area (Å²) in [5.74, 6) is -0.263. The van der Waals surface area contributed by atoms with E-state index in [2.05, 4.69) is 5.32 Å². The molecule has 2 rings (SSSR count). The third-order valence-corrected chi connectivity index (χ3v) is 3.58. The van der Waals surface area contributed by atoms with Crippen LogP contribution in [0.4, 0.5) is 10.1 Å². The van der Waals surface area contributed by atoms with Crippen LogP contribution in [-0.2, 0) is 6.54 Å². The molecular formula is C16H17FN2O2. The molecule has 1 unspecified atom stereocenters. The number of benzene rings is 2. The van der Waals surface area contributed by atoms with Gasteiger partial charge in [0.05, 0.1) is 4.92 Å². The maximum atomic E-state index is 12.9. The molecule has 0 spiro atoms. The van der Waals surface area contributed by atoms with Gasteiger partial charge in [0.1, 0.15) is 5.82 Å².